The van der Waals surface area contributed by atoms with Crippen molar-refractivity contribution in [2.24, 2.45) is 0 Å². The molecule has 0 saturated carbocycles. The Morgan fingerprint density at radius 1 is 1.02 bits per heavy atom. The zero-order valence-corrected chi connectivity index (χ0v) is 24.3. The summed E-state index contributed by atoms with van der Waals surface area (Å²) in [5.74, 6) is -2.80. The Hall–Kier alpha value is -5.03. The van der Waals surface area contributed by atoms with E-state index in [1.54, 1.807) is 32.0 Å². The van der Waals surface area contributed by atoms with Crippen molar-refractivity contribution in [3.8, 4) is 11.5 Å². The number of ketones is 1. The van der Waals surface area contributed by atoms with Crippen molar-refractivity contribution in [3.05, 3.63) is 111 Å². The lowest BCUT2D eigenvalue weighted by Gasteiger charge is -2.24. The number of amides is 1. The Morgan fingerprint density at radius 2 is 1.74 bits per heavy atom. The SMILES string of the molecule is CCOc1cc(C2/C(=C(\O)c3ccc(F)cc3)C(=O)C(=O)N2c2nc(C)c(C(=O)OC)s2)ccc1OCc1ccccc1. The quantitative estimate of drug-likeness (QED) is 0.108. The summed E-state index contributed by atoms with van der Waals surface area (Å²) in [6.45, 7) is 3.97. The predicted octanol–water partition coefficient (Wildman–Crippen LogP) is 5.98. The van der Waals surface area contributed by atoms with Gasteiger partial charge in [-0.1, -0.05) is 47.7 Å². The third-order valence-corrected chi connectivity index (χ3v) is 7.88. The predicted molar refractivity (Wildman–Crippen MR) is 158 cm³/mol. The van der Waals surface area contributed by atoms with E-state index in [0.717, 1.165) is 33.9 Å². The molecule has 1 unspecified atom stereocenters. The highest BCUT2D eigenvalue weighted by atomic mass is 32.1. The maximum Gasteiger partial charge on any atom is 0.350 e. The van der Waals surface area contributed by atoms with E-state index in [0.29, 0.717) is 29.4 Å². The number of methoxy groups -OCH3 is 1. The lowest BCUT2D eigenvalue weighted by atomic mass is 9.95. The first-order valence-electron chi connectivity index (χ1n) is 13.3. The molecule has 1 fully saturated rings. The van der Waals surface area contributed by atoms with Gasteiger partial charge in [0.2, 0.25) is 0 Å². The largest absolute Gasteiger partial charge is 0.507 e. The number of thiazole rings is 1. The second-order valence-corrected chi connectivity index (χ2v) is 10.5. The number of ether oxygens (including phenoxy) is 3. The van der Waals surface area contributed by atoms with Crippen molar-refractivity contribution in [1.29, 1.82) is 0 Å². The first-order chi connectivity index (χ1) is 20.7. The molecule has 5 rings (SSSR count). The molecule has 0 aliphatic carbocycles. The molecule has 4 aromatic rings. The summed E-state index contributed by atoms with van der Waals surface area (Å²) in [6, 6.07) is 18.3. The number of aromatic nitrogens is 1. The van der Waals surface area contributed by atoms with Crippen LogP contribution in [0.3, 0.4) is 0 Å². The minimum absolute atomic E-state index is 0.0607. The van der Waals surface area contributed by atoms with E-state index in [1.165, 1.54) is 19.2 Å². The molecule has 2 heterocycles. The number of halogens is 1. The summed E-state index contributed by atoms with van der Waals surface area (Å²) in [6.07, 6.45) is 0. The molecule has 0 bridgehead atoms. The highest BCUT2D eigenvalue weighted by Gasteiger charge is 2.48. The minimum Gasteiger partial charge on any atom is -0.507 e. The van der Waals surface area contributed by atoms with Crippen LogP contribution in [-0.2, 0) is 20.9 Å². The summed E-state index contributed by atoms with van der Waals surface area (Å²) in [4.78, 5) is 45.1. The van der Waals surface area contributed by atoms with Gasteiger partial charge in [-0.2, -0.15) is 0 Å². The summed E-state index contributed by atoms with van der Waals surface area (Å²) in [5, 5.41) is 11.4. The van der Waals surface area contributed by atoms with Crippen LogP contribution >= 0.6 is 11.3 Å². The Balaban J connectivity index is 1.65. The third kappa shape index (κ3) is 5.84. The zero-order chi connectivity index (χ0) is 30.7. The van der Waals surface area contributed by atoms with Crippen LogP contribution in [0.15, 0.2) is 78.4 Å². The average Bonchev–Trinajstić information content (AvgIpc) is 3.52. The molecule has 1 atom stereocenters. The smallest absolute Gasteiger partial charge is 0.350 e. The number of esters is 1. The van der Waals surface area contributed by atoms with E-state index in [9.17, 15) is 23.9 Å². The van der Waals surface area contributed by atoms with E-state index < -0.39 is 35.3 Å². The molecule has 11 heteroatoms. The highest BCUT2D eigenvalue weighted by Crippen LogP contribution is 2.45. The molecule has 1 aliphatic rings. The van der Waals surface area contributed by atoms with Crippen molar-refractivity contribution >= 4 is 39.9 Å². The molecular weight excluding hydrogens is 575 g/mol. The second-order valence-electron chi connectivity index (χ2n) is 9.49. The number of benzene rings is 3. The minimum atomic E-state index is -1.16. The lowest BCUT2D eigenvalue weighted by Crippen LogP contribution is -2.29. The van der Waals surface area contributed by atoms with Crippen molar-refractivity contribution in [2.75, 3.05) is 18.6 Å². The normalized spacial score (nSPS) is 15.9. The number of anilines is 1. The van der Waals surface area contributed by atoms with Crippen LogP contribution in [0.4, 0.5) is 9.52 Å². The first kappa shape index (κ1) is 29.5. The molecule has 1 amide bonds. The van der Waals surface area contributed by atoms with Gasteiger partial charge >= 0.3 is 11.9 Å². The molecule has 9 nitrogen and oxygen atoms in total. The van der Waals surface area contributed by atoms with Crippen LogP contribution in [0, 0.1) is 12.7 Å². The van der Waals surface area contributed by atoms with Gasteiger partial charge in [-0.05, 0) is 61.4 Å². The molecule has 1 aromatic heterocycles. The topological polar surface area (TPSA) is 115 Å². The molecule has 3 aromatic carbocycles. The number of nitrogens with zero attached hydrogens (tertiary/aromatic N) is 2. The standard InChI is InChI=1S/C32H27FN2O7S/c1-4-41-24-16-21(12-15-23(24)42-17-19-8-6-5-7-9-19)26-25(27(36)20-10-13-22(33)14-11-20)28(37)30(38)35(26)32-34-18(2)29(43-32)31(39)40-3/h5-16,26,36H,4,17H2,1-3H3/b27-25+. The van der Waals surface area contributed by atoms with Gasteiger partial charge in [-0.3, -0.25) is 14.5 Å². The van der Waals surface area contributed by atoms with E-state index >= 15 is 0 Å². The number of carbonyl (C=O) groups is 3. The van der Waals surface area contributed by atoms with Gasteiger partial charge in [0.15, 0.2) is 16.6 Å². The Bertz CT molecular complexity index is 1720. The molecule has 1 saturated heterocycles. The molecule has 1 aliphatic heterocycles. The zero-order valence-electron chi connectivity index (χ0n) is 23.5. The van der Waals surface area contributed by atoms with Crippen molar-refractivity contribution < 1.29 is 38.1 Å². The van der Waals surface area contributed by atoms with Crippen LogP contribution < -0.4 is 14.4 Å². The van der Waals surface area contributed by atoms with Gasteiger partial charge in [0, 0.05) is 5.56 Å². The van der Waals surface area contributed by atoms with E-state index in [-0.39, 0.29) is 27.8 Å². The molecule has 43 heavy (non-hydrogen) atoms. The molecular formula is C32H27FN2O7S. The number of hydrogen-bond donors (Lipinski definition) is 1. The van der Waals surface area contributed by atoms with Gasteiger partial charge in [0.25, 0.3) is 5.78 Å². The molecule has 220 valence electrons. The van der Waals surface area contributed by atoms with Crippen LogP contribution in [0.1, 0.15) is 45.0 Å². The fourth-order valence-electron chi connectivity index (χ4n) is 4.69. The lowest BCUT2D eigenvalue weighted by molar-refractivity contribution is -0.132. The van der Waals surface area contributed by atoms with Gasteiger partial charge < -0.3 is 19.3 Å². The summed E-state index contributed by atoms with van der Waals surface area (Å²) < 4.78 is 30.4. The summed E-state index contributed by atoms with van der Waals surface area (Å²) in [7, 11) is 1.23. The summed E-state index contributed by atoms with van der Waals surface area (Å²) >= 11 is 0.886. The van der Waals surface area contributed by atoms with Gasteiger partial charge in [-0.25, -0.2) is 14.2 Å². The Morgan fingerprint density at radius 3 is 2.42 bits per heavy atom. The van der Waals surface area contributed by atoms with Crippen LogP contribution in [-0.4, -0.2) is 41.5 Å². The fraction of sp³-hybridized carbons (Fsp3) is 0.188. The number of rotatable bonds is 9. The number of carbonyl (C=O) groups excluding carboxylic acids is 3. The maximum absolute atomic E-state index is 13.7. The first-order valence-corrected chi connectivity index (χ1v) is 14.1. The maximum atomic E-state index is 13.7. The van der Waals surface area contributed by atoms with E-state index in [4.69, 9.17) is 14.2 Å². The number of hydrogen-bond acceptors (Lipinski definition) is 9. The summed E-state index contributed by atoms with van der Waals surface area (Å²) in [5.41, 5.74) is 1.58. The van der Waals surface area contributed by atoms with Crippen molar-refractivity contribution in [2.45, 2.75) is 26.5 Å². The molecule has 0 radical (unpaired) electrons. The average molecular weight is 603 g/mol. The molecule has 1 N–H and O–H groups in total. The Kier molecular flexibility index (Phi) is 8.53. The second kappa shape index (κ2) is 12.5. The van der Waals surface area contributed by atoms with Crippen LogP contribution in [0.25, 0.3) is 5.76 Å². The van der Waals surface area contributed by atoms with Gasteiger partial charge in [0.1, 0.15) is 23.1 Å². The van der Waals surface area contributed by atoms with Gasteiger partial charge in [0.05, 0.1) is 31.0 Å². The number of aliphatic hydroxyl groups is 1. The van der Waals surface area contributed by atoms with E-state index in [1.807, 2.05) is 30.3 Å². The number of Topliss-reactive ketones (excluding diaryl/α,β-unsaturated/α-hetero) is 1. The number of aliphatic hydroxyl groups excluding tert-OH is 1. The highest BCUT2D eigenvalue weighted by molar-refractivity contribution is 7.17. The molecule has 0 spiro atoms. The van der Waals surface area contributed by atoms with Gasteiger partial charge in [-0.15, -0.1) is 0 Å². The van der Waals surface area contributed by atoms with Crippen LogP contribution in [0.5, 0.6) is 11.5 Å². The van der Waals surface area contributed by atoms with Crippen molar-refractivity contribution in [1.82, 2.24) is 4.98 Å². The number of aryl methyl sites for hydroxylation is 1. The fourth-order valence-corrected chi connectivity index (χ4v) is 5.71. The van der Waals surface area contributed by atoms with Crippen LogP contribution in [0.2, 0.25) is 0 Å². The third-order valence-electron chi connectivity index (χ3n) is 6.74. The monoisotopic (exact) mass is 602 g/mol. The van der Waals surface area contributed by atoms with E-state index in [2.05, 4.69) is 4.98 Å². The van der Waals surface area contributed by atoms with Crippen molar-refractivity contribution in [3.63, 3.8) is 0 Å². The Labute approximate surface area is 250 Å².